The number of nitrogens with one attached hydrogen (secondary N) is 1. The van der Waals surface area contributed by atoms with Gasteiger partial charge in [-0.25, -0.2) is 0 Å². The molecule has 1 aliphatic rings. The van der Waals surface area contributed by atoms with Crippen molar-refractivity contribution in [2.75, 3.05) is 18.4 Å². The van der Waals surface area contributed by atoms with Crippen molar-refractivity contribution in [2.45, 2.75) is 12.8 Å². The standard InChI is InChI=1S/C21H20ClN3O4/c22-18-8-6-15(14-19(18)25(28)29)7-9-20(26)24-12-10-16(11-13-24)21(27)23-17-4-2-1-3-5-17/h1-9,14,16H,10-13H2,(H,23,27). The number of nitrogens with zero attached hydrogens (tertiary/aromatic N) is 2. The summed E-state index contributed by atoms with van der Waals surface area (Å²) in [5, 5.41) is 13.9. The zero-order valence-corrected chi connectivity index (χ0v) is 16.3. The van der Waals surface area contributed by atoms with Crippen LogP contribution in [-0.2, 0) is 9.59 Å². The lowest BCUT2D eigenvalue weighted by molar-refractivity contribution is -0.384. The van der Waals surface area contributed by atoms with E-state index in [9.17, 15) is 19.7 Å². The van der Waals surface area contributed by atoms with E-state index in [1.165, 1.54) is 24.3 Å². The summed E-state index contributed by atoms with van der Waals surface area (Å²) in [6.45, 7) is 0.966. The van der Waals surface area contributed by atoms with Crippen LogP contribution in [0.25, 0.3) is 6.08 Å². The summed E-state index contributed by atoms with van der Waals surface area (Å²) < 4.78 is 0. The fourth-order valence-electron chi connectivity index (χ4n) is 3.17. The second-order valence-corrected chi connectivity index (χ2v) is 7.16. The molecule has 0 bridgehead atoms. The van der Waals surface area contributed by atoms with Crippen LogP contribution in [0.5, 0.6) is 0 Å². The maximum Gasteiger partial charge on any atom is 0.288 e. The maximum absolute atomic E-state index is 12.4. The summed E-state index contributed by atoms with van der Waals surface area (Å²) in [6.07, 6.45) is 4.09. The van der Waals surface area contributed by atoms with Gasteiger partial charge >= 0.3 is 0 Å². The van der Waals surface area contributed by atoms with E-state index in [1.54, 1.807) is 11.0 Å². The molecule has 0 unspecified atom stereocenters. The van der Waals surface area contributed by atoms with Crippen molar-refractivity contribution in [3.63, 3.8) is 0 Å². The first-order valence-corrected chi connectivity index (χ1v) is 9.58. The highest BCUT2D eigenvalue weighted by molar-refractivity contribution is 6.32. The number of anilines is 1. The molecular formula is C21H20ClN3O4. The smallest absolute Gasteiger partial charge is 0.288 e. The molecule has 1 fully saturated rings. The number of benzene rings is 2. The van der Waals surface area contributed by atoms with Gasteiger partial charge in [0.1, 0.15) is 5.02 Å². The Morgan fingerprint density at radius 2 is 1.83 bits per heavy atom. The first-order valence-electron chi connectivity index (χ1n) is 9.21. The van der Waals surface area contributed by atoms with Gasteiger partial charge in [0.15, 0.2) is 0 Å². The Kier molecular flexibility index (Phi) is 6.61. The van der Waals surface area contributed by atoms with Gasteiger partial charge < -0.3 is 10.2 Å². The van der Waals surface area contributed by atoms with E-state index in [4.69, 9.17) is 11.6 Å². The summed E-state index contributed by atoms with van der Waals surface area (Å²) in [5.74, 6) is -0.362. The van der Waals surface area contributed by atoms with Gasteiger partial charge in [-0.1, -0.05) is 35.9 Å². The molecule has 2 aromatic rings. The van der Waals surface area contributed by atoms with Gasteiger partial charge in [0.2, 0.25) is 11.8 Å². The van der Waals surface area contributed by atoms with Gasteiger partial charge in [-0.2, -0.15) is 0 Å². The molecule has 2 amide bonds. The average molecular weight is 414 g/mol. The van der Waals surface area contributed by atoms with Crippen LogP contribution >= 0.6 is 11.6 Å². The Labute approximate surface area is 173 Å². The predicted molar refractivity (Wildman–Crippen MR) is 112 cm³/mol. The Morgan fingerprint density at radius 3 is 2.48 bits per heavy atom. The summed E-state index contributed by atoms with van der Waals surface area (Å²) in [4.78, 5) is 36.8. The number of hydrogen-bond donors (Lipinski definition) is 1. The zero-order valence-electron chi connectivity index (χ0n) is 15.6. The highest BCUT2D eigenvalue weighted by Crippen LogP contribution is 2.26. The van der Waals surface area contributed by atoms with E-state index in [0.29, 0.717) is 31.5 Å². The van der Waals surface area contributed by atoms with Crippen molar-refractivity contribution in [1.29, 1.82) is 0 Å². The average Bonchev–Trinajstić information content (AvgIpc) is 2.73. The number of halogens is 1. The van der Waals surface area contributed by atoms with Crippen LogP contribution < -0.4 is 5.32 Å². The molecule has 150 valence electrons. The normalized spacial score (nSPS) is 14.7. The van der Waals surface area contributed by atoms with Crippen LogP contribution in [-0.4, -0.2) is 34.7 Å². The van der Waals surface area contributed by atoms with Gasteiger partial charge in [-0.15, -0.1) is 0 Å². The maximum atomic E-state index is 12.4. The fourth-order valence-corrected chi connectivity index (χ4v) is 3.36. The number of nitro benzene ring substituents is 1. The molecule has 8 heteroatoms. The van der Waals surface area contributed by atoms with Gasteiger partial charge in [0.25, 0.3) is 5.69 Å². The summed E-state index contributed by atoms with van der Waals surface area (Å²) in [6, 6.07) is 13.6. The molecule has 0 saturated carbocycles. The first-order chi connectivity index (χ1) is 13.9. The molecule has 1 saturated heterocycles. The lowest BCUT2D eigenvalue weighted by Crippen LogP contribution is -2.40. The van der Waals surface area contributed by atoms with Crippen molar-refractivity contribution in [3.8, 4) is 0 Å². The number of likely N-dealkylation sites (tertiary alicyclic amines) is 1. The lowest BCUT2D eigenvalue weighted by atomic mass is 9.95. The van der Waals surface area contributed by atoms with Crippen LogP contribution in [0.3, 0.4) is 0 Å². The summed E-state index contributed by atoms with van der Waals surface area (Å²) in [5.41, 5.74) is 1.08. The van der Waals surface area contributed by atoms with Gasteiger partial charge in [-0.05, 0) is 42.7 Å². The van der Waals surface area contributed by atoms with E-state index < -0.39 is 4.92 Å². The number of carbonyl (C=O) groups is 2. The quantitative estimate of drug-likeness (QED) is 0.453. The van der Waals surface area contributed by atoms with Crippen molar-refractivity contribution in [3.05, 3.63) is 75.3 Å². The molecule has 1 N–H and O–H groups in total. The molecule has 2 aromatic carbocycles. The first kappa shape index (κ1) is 20.5. The van der Waals surface area contributed by atoms with E-state index in [1.807, 2.05) is 30.3 Å². The molecule has 0 aromatic heterocycles. The highest BCUT2D eigenvalue weighted by Gasteiger charge is 2.26. The minimum Gasteiger partial charge on any atom is -0.339 e. The number of carbonyl (C=O) groups excluding carboxylic acids is 2. The minimum absolute atomic E-state index is 0.0349. The molecular weight excluding hydrogens is 394 g/mol. The molecule has 0 atom stereocenters. The van der Waals surface area contributed by atoms with Gasteiger partial charge in [0.05, 0.1) is 4.92 Å². The van der Waals surface area contributed by atoms with Crippen molar-refractivity contribution >= 4 is 40.9 Å². The molecule has 0 radical (unpaired) electrons. The van der Waals surface area contributed by atoms with E-state index in [2.05, 4.69) is 5.32 Å². The lowest BCUT2D eigenvalue weighted by Gasteiger charge is -2.30. The van der Waals surface area contributed by atoms with Crippen LogP contribution in [0.4, 0.5) is 11.4 Å². The molecule has 0 spiro atoms. The van der Waals surface area contributed by atoms with E-state index in [0.717, 1.165) is 5.69 Å². The largest absolute Gasteiger partial charge is 0.339 e. The molecule has 3 rings (SSSR count). The zero-order chi connectivity index (χ0) is 20.8. The Hall–Kier alpha value is -3.19. The Morgan fingerprint density at radius 1 is 1.14 bits per heavy atom. The molecule has 29 heavy (non-hydrogen) atoms. The second-order valence-electron chi connectivity index (χ2n) is 6.76. The number of nitro groups is 1. The van der Waals surface area contributed by atoms with Gasteiger partial charge in [0, 0.05) is 36.8 Å². The number of hydrogen-bond acceptors (Lipinski definition) is 4. The Bertz CT molecular complexity index is 938. The summed E-state index contributed by atoms with van der Waals surface area (Å²) >= 11 is 5.79. The van der Waals surface area contributed by atoms with Crippen molar-refractivity contribution in [2.24, 2.45) is 5.92 Å². The van der Waals surface area contributed by atoms with Gasteiger partial charge in [-0.3, -0.25) is 19.7 Å². The molecule has 1 heterocycles. The van der Waals surface area contributed by atoms with Crippen LogP contribution in [0.1, 0.15) is 18.4 Å². The third-order valence-electron chi connectivity index (χ3n) is 4.80. The van der Waals surface area contributed by atoms with Crippen molar-refractivity contribution < 1.29 is 14.5 Å². The van der Waals surface area contributed by atoms with Crippen molar-refractivity contribution in [1.82, 2.24) is 4.90 Å². The minimum atomic E-state index is -0.563. The summed E-state index contributed by atoms with van der Waals surface area (Å²) in [7, 11) is 0. The number of amides is 2. The third-order valence-corrected chi connectivity index (χ3v) is 5.12. The number of para-hydroxylation sites is 1. The Balaban J connectivity index is 1.53. The van der Waals surface area contributed by atoms with Crippen LogP contribution in [0.2, 0.25) is 5.02 Å². The third kappa shape index (κ3) is 5.42. The number of piperidine rings is 1. The molecule has 0 aliphatic carbocycles. The molecule has 7 nitrogen and oxygen atoms in total. The topological polar surface area (TPSA) is 92.6 Å². The second kappa shape index (κ2) is 9.34. The van der Waals surface area contributed by atoms with Crippen LogP contribution in [0, 0.1) is 16.0 Å². The molecule has 1 aliphatic heterocycles. The highest BCUT2D eigenvalue weighted by atomic mass is 35.5. The fraction of sp³-hybridized carbons (Fsp3) is 0.238. The monoisotopic (exact) mass is 413 g/mol. The van der Waals surface area contributed by atoms with Crippen LogP contribution in [0.15, 0.2) is 54.6 Å². The predicted octanol–water partition coefficient (Wildman–Crippen LogP) is 4.14. The van der Waals surface area contributed by atoms with E-state index in [-0.39, 0.29) is 28.4 Å². The van der Waals surface area contributed by atoms with E-state index >= 15 is 0 Å². The number of rotatable bonds is 5. The SMILES string of the molecule is O=C(Nc1ccccc1)C1CCN(C(=O)C=Cc2ccc(Cl)c([N+](=O)[O-])c2)CC1.